The second-order valence-electron chi connectivity index (χ2n) is 5.99. The topological polar surface area (TPSA) is 82.8 Å². The van der Waals surface area contributed by atoms with Crippen molar-refractivity contribution >= 4 is 17.3 Å². The molecular weight excluding hydrogens is 344 g/mol. The monoisotopic (exact) mass is 372 g/mol. The van der Waals surface area contributed by atoms with E-state index in [0.717, 1.165) is 25.1 Å². The van der Waals surface area contributed by atoms with Gasteiger partial charge >= 0.3 is 5.97 Å². The lowest BCUT2D eigenvalue weighted by molar-refractivity contribution is 0.0273. The van der Waals surface area contributed by atoms with E-state index in [-0.39, 0.29) is 12.6 Å². The predicted molar refractivity (Wildman–Crippen MR) is 107 cm³/mol. The number of hydrogen-bond acceptors (Lipinski definition) is 6. The molecule has 0 radical (unpaired) electrons. The van der Waals surface area contributed by atoms with E-state index in [4.69, 9.17) is 19.9 Å². The average Bonchev–Trinajstić information content (AvgIpc) is 2.69. The fourth-order valence-corrected chi connectivity index (χ4v) is 2.33. The molecule has 0 saturated heterocycles. The molecule has 0 fully saturated rings. The van der Waals surface area contributed by atoms with Gasteiger partial charge in [0.05, 0.1) is 24.5 Å². The number of ether oxygens (including phenoxy) is 3. The summed E-state index contributed by atoms with van der Waals surface area (Å²) in [4.78, 5) is 12.0. The summed E-state index contributed by atoms with van der Waals surface area (Å²) in [5.41, 5.74) is 7.91. The van der Waals surface area contributed by atoms with Crippen molar-refractivity contribution in [3.05, 3.63) is 54.1 Å². The molecule has 27 heavy (non-hydrogen) atoms. The molecule has 6 heteroatoms. The molecule has 0 aliphatic heterocycles. The second kappa shape index (κ2) is 11.8. The van der Waals surface area contributed by atoms with E-state index in [0.29, 0.717) is 36.8 Å². The standard InChI is InChI=1S/C21H28N2O4/c1-2-3-12-23-18-10-8-17(9-11-18)21(24)27-16-14-25-13-15-26-20-7-5-4-6-19(20)22/h4-11,23H,2-3,12-16,22H2,1H3. The Morgan fingerprint density at radius 3 is 2.48 bits per heavy atom. The first-order chi connectivity index (χ1) is 13.2. The zero-order chi connectivity index (χ0) is 19.3. The lowest BCUT2D eigenvalue weighted by Crippen LogP contribution is -2.14. The summed E-state index contributed by atoms with van der Waals surface area (Å²) >= 11 is 0. The molecule has 0 aromatic heterocycles. The predicted octanol–water partition coefficient (Wildman–Crippen LogP) is 3.73. The molecule has 0 amide bonds. The first-order valence-corrected chi connectivity index (χ1v) is 9.27. The van der Waals surface area contributed by atoms with Gasteiger partial charge in [0.15, 0.2) is 0 Å². The highest BCUT2D eigenvalue weighted by Crippen LogP contribution is 2.19. The second-order valence-corrected chi connectivity index (χ2v) is 5.99. The molecule has 0 aliphatic carbocycles. The maximum absolute atomic E-state index is 12.0. The molecule has 0 heterocycles. The third-order valence-electron chi connectivity index (χ3n) is 3.85. The number of esters is 1. The fourth-order valence-electron chi connectivity index (χ4n) is 2.33. The number of para-hydroxylation sites is 2. The largest absolute Gasteiger partial charge is 0.489 e. The summed E-state index contributed by atoms with van der Waals surface area (Å²) < 4.78 is 16.1. The van der Waals surface area contributed by atoms with Crippen LogP contribution in [0.1, 0.15) is 30.1 Å². The van der Waals surface area contributed by atoms with E-state index < -0.39 is 0 Å². The van der Waals surface area contributed by atoms with Crippen molar-refractivity contribution in [1.29, 1.82) is 0 Å². The number of rotatable bonds is 12. The van der Waals surface area contributed by atoms with Crippen LogP contribution in [0.3, 0.4) is 0 Å². The molecule has 2 aromatic carbocycles. The lowest BCUT2D eigenvalue weighted by atomic mass is 10.2. The van der Waals surface area contributed by atoms with Crippen molar-refractivity contribution in [1.82, 2.24) is 0 Å². The van der Waals surface area contributed by atoms with Crippen LogP contribution in [0.5, 0.6) is 5.75 Å². The van der Waals surface area contributed by atoms with Crippen LogP contribution in [-0.4, -0.2) is 38.9 Å². The van der Waals surface area contributed by atoms with Crippen molar-refractivity contribution in [2.24, 2.45) is 0 Å². The summed E-state index contributed by atoms with van der Waals surface area (Å²) in [5, 5.41) is 3.31. The third-order valence-corrected chi connectivity index (χ3v) is 3.85. The van der Waals surface area contributed by atoms with E-state index in [2.05, 4.69) is 12.2 Å². The van der Waals surface area contributed by atoms with Gasteiger partial charge in [0.1, 0.15) is 19.0 Å². The molecule has 0 unspecified atom stereocenters. The third kappa shape index (κ3) is 7.58. The van der Waals surface area contributed by atoms with E-state index in [1.807, 2.05) is 30.3 Å². The molecule has 0 saturated carbocycles. The van der Waals surface area contributed by atoms with Crippen molar-refractivity contribution in [3.8, 4) is 5.75 Å². The highest BCUT2D eigenvalue weighted by Gasteiger charge is 2.06. The van der Waals surface area contributed by atoms with E-state index in [1.54, 1.807) is 18.2 Å². The summed E-state index contributed by atoms with van der Waals surface area (Å²) in [7, 11) is 0. The van der Waals surface area contributed by atoms with Crippen molar-refractivity contribution in [2.75, 3.05) is 44.0 Å². The summed E-state index contributed by atoms with van der Waals surface area (Å²) in [6.07, 6.45) is 2.26. The molecular formula is C21H28N2O4. The lowest BCUT2D eigenvalue weighted by Gasteiger charge is -2.10. The van der Waals surface area contributed by atoms with Gasteiger partial charge in [0.2, 0.25) is 0 Å². The number of carbonyl (C=O) groups is 1. The Balaban J connectivity index is 1.57. The van der Waals surface area contributed by atoms with Gasteiger partial charge in [0, 0.05) is 12.2 Å². The normalized spacial score (nSPS) is 10.4. The number of nitrogen functional groups attached to an aromatic ring is 1. The van der Waals surface area contributed by atoms with Gasteiger partial charge in [-0.3, -0.25) is 0 Å². The molecule has 6 nitrogen and oxygen atoms in total. The number of anilines is 2. The first kappa shape index (κ1) is 20.6. The molecule has 146 valence electrons. The maximum atomic E-state index is 12.0. The minimum absolute atomic E-state index is 0.197. The van der Waals surface area contributed by atoms with Gasteiger partial charge in [0.25, 0.3) is 0 Å². The van der Waals surface area contributed by atoms with Crippen LogP contribution in [0.4, 0.5) is 11.4 Å². The van der Waals surface area contributed by atoms with Crippen LogP contribution in [-0.2, 0) is 9.47 Å². The van der Waals surface area contributed by atoms with E-state index in [9.17, 15) is 4.79 Å². The Labute approximate surface area is 160 Å². The summed E-state index contributed by atoms with van der Waals surface area (Å²) in [6, 6.07) is 14.6. The SMILES string of the molecule is CCCCNc1ccc(C(=O)OCCOCCOc2ccccc2N)cc1. The number of nitrogens with two attached hydrogens (primary N) is 1. The van der Waals surface area contributed by atoms with Crippen LogP contribution in [0, 0.1) is 0 Å². The zero-order valence-corrected chi connectivity index (χ0v) is 15.8. The van der Waals surface area contributed by atoms with Crippen molar-refractivity contribution in [2.45, 2.75) is 19.8 Å². The number of unbranched alkanes of at least 4 members (excludes halogenated alkanes) is 1. The minimum atomic E-state index is -0.355. The summed E-state index contributed by atoms with van der Waals surface area (Å²) in [6.45, 7) is 4.37. The van der Waals surface area contributed by atoms with E-state index in [1.165, 1.54) is 0 Å². The number of carbonyl (C=O) groups excluding carboxylic acids is 1. The van der Waals surface area contributed by atoms with Crippen LogP contribution in [0.25, 0.3) is 0 Å². The van der Waals surface area contributed by atoms with Crippen LogP contribution in [0.2, 0.25) is 0 Å². The van der Waals surface area contributed by atoms with Crippen molar-refractivity contribution in [3.63, 3.8) is 0 Å². The Kier molecular flexibility index (Phi) is 9.00. The Bertz CT molecular complexity index is 689. The van der Waals surface area contributed by atoms with Gasteiger partial charge in [-0.05, 0) is 42.8 Å². The quantitative estimate of drug-likeness (QED) is 0.336. The minimum Gasteiger partial charge on any atom is -0.489 e. The Morgan fingerprint density at radius 2 is 1.74 bits per heavy atom. The Morgan fingerprint density at radius 1 is 1.00 bits per heavy atom. The van der Waals surface area contributed by atoms with Crippen LogP contribution < -0.4 is 15.8 Å². The van der Waals surface area contributed by atoms with Gasteiger partial charge in [-0.1, -0.05) is 25.5 Å². The highest BCUT2D eigenvalue weighted by molar-refractivity contribution is 5.89. The van der Waals surface area contributed by atoms with Crippen LogP contribution >= 0.6 is 0 Å². The molecule has 0 atom stereocenters. The van der Waals surface area contributed by atoms with Crippen LogP contribution in [0.15, 0.2) is 48.5 Å². The molecule has 0 spiro atoms. The van der Waals surface area contributed by atoms with Gasteiger partial charge < -0.3 is 25.3 Å². The molecule has 2 aromatic rings. The molecule has 2 rings (SSSR count). The highest BCUT2D eigenvalue weighted by atomic mass is 16.6. The smallest absolute Gasteiger partial charge is 0.338 e. The molecule has 3 N–H and O–H groups in total. The van der Waals surface area contributed by atoms with Gasteiger partial charge in [-0.15, -0.1) is 0 Å². The maximum Gasteiger partial charge on any atom is 0.338 e. The van der Waals surface area contributed by atoms with Gasteiger partial charge in [-0.25, -0.2) is 4.79 Å². The Hall–Kier alpha value is -2.73. The summed E-state index contributed by atoms with van der Waals surface area (Å²) in [5.74, 6) is 0.284. The first-order valence-electron chi connectivity index (χ1n) is 9.27. The van der Waals surface area contributed by atoms with Gasteiger partial charge in [-0.2, -0.15) is 0 Å². The number of nitrogens with one attached hydrogen (secondary N) is 1. The number of benzene rings is 2. The average molecular weight is 372 g/mol. The van der Waals surface area contributed by atoms with Crippen molar-refractivity contribution < 1.29 is 19.0 Å². The molecule has 0 aliphatic rings. The zero-order valence-electron chi connectivity index (χ0n) is 15.8. The van der Waals surface area contributed by atoms with E-state index >= 15 is 0 Å². The fraction of sp³-hybridized carbons (Fsp3) is 0.381. The molecule has 0 bridgehead atoms. The number of hydrogen-bond donors (Lipinski definition) is 2.